The largest absolute Gasteiger partial charge is 0.235 e. The van der Waals surface area contributed by atoms with Crippen LogP contribution < -0.4 is 10.2 Å². The molecule has 0 aliphatic heterocycles. The predicted octanol–water partition coefficient (Wildman–Crippen LogP) is 5.66. The molecule has 0 atom stereocenters. The van der Waals surface area contributed by atoms with E-state index in [0.29, 0.717) is 52.4 Å². The lowest BCUT2D eigenvalue weighted by molar-refractivity contribution is 0.136. The molecule has 0 amide bonds. The van der Waals surface area contributed by atoms with Gasteiger partial charge in [0.2, 0.25) is 0 Å². The number of nitrogens with zero attached hydrogens (tertiary/aromatic N) is 6. The van der Waals surface area contributed by atoms with E-state index in [9.17, 15) is 0 Å². The van der Waals surface area contributed by atoms with Crippen LogP contribution in [0.5, 0.6) is 0 Å². The molecule has 0 N–H and O–H groups in total. The lowest BCUT2D eigenvalue weighted by atomic mass is 10.2. The molecule has 0 saturated carbocycles. The summed E-state index contributed by atoms with van der Waals surface area (Å²) >= 11 is 0. The van der Waals surface area contributed by atoms with Crippen molar-refractivity contribution < 1.29 is 0 Å². The van der Waals surface area contributed by atoms with Crippen LogP contribution in [0.15, 0.2) is 126 Å². The van der Waals surface area contributed by atoms with Crippen molar-refractivity contribution in [3.8, 4) is 0 Å². The Bertz CT molecular complexity index is 700. The van der Waals surface area contributed by atoms with Crippen LogP contribution in [0.25, 0.3) is 0 Å². The molecule has 0 aromatic heterocycles. The second-order valence-corrected chi connectivity index (χ2v) is 7.89. The third kappa shape index (κ3) is 8.98. The molecule has 0 radical (unpaired) electrons. The Labute approximate surface area is 219 Å². The molecular formula is C30H44N6. The minimum absolute atomic E-state index is 0.656. The fraction of sp³-hybridized carbons (Fsp3) is 0.267. The average Bonchev–Trinajstić information content (AvgIpc) is 2.86. The molecule has 0 saturated heterocycles. The maximum Gasteiger partial charge on any atom is 0.0709 e. The van der Waals surface area contributed by atoms with Gasteiger partial charge in [0.15, 0.2) is 0 Å². The van der Waals surface area contributed by atoms with Gasteiger partial charge in [0, 0.05) is 52.4 Å². The lowest BCUT2D eigenvalue weighted by Gasteiger charge is -2.44. The molecule has 1 aromatic rings. The highest BCUT2D eigenvalue weighted by Gasteiger charge is 2.24. The average molecular weight is 489 g/mol. The van der Waals surface area contributed by atoms with Gasteiger partial charge in [-0.25, -0.2) is 10.2 Å². The van der Waals surface area contributed by atoms with Gasteiger partial charge in [0.05, 0.1) is 11.4 Å². The lowest BCUT2D eigenvalue weighted by Crippen LogP contribution is -2.55. The standard InChI is InChI=1S/C30H44N6/c1-9-21-31(22-10-2)35(32(23-11-3)24-12-4)29-17-19-30(20-18-29)36(33(25-13-5)26-14-6)34(27-15-7)28-16-8/h9-20H,1-8,21-28H2. The van der Waals surface area contributed by atoms with Crippen LogP contribution in [0.4, 0.5) is 11.4 Å². The van der Waals surface area contributed by atoms with Gasteiger partial charge in [-0.1, -0.05) is 48.6 Å². The molecule has 0 bridgehead atoms. The highest BCUT2D eigenvalue weighted by Crippen LogP contribution is 2.26. The topological polar surface area (TPSA) is 19.4 Å². The highest BCUT2D eigenvalue weighted by molar-refractivity contribution is 5.55. The Morgan fingerprint density at radius 3 is 0.667 bits per heavy atom. The molecule has 0 heterocycles. The van der Waals surface area contributed by atoms with Crippen molar-refractivity contribution >= 4 is 11.4 Å². The second-order valence-electron chi connectivity index (χ2n) is 7.89. The summed E-state index contributed by atoms with van der Waals surface area (Å²) in [6.45, 7) is 36.8. The van der Waals surface area contributed by atoms with Crippen molar-refractivity contribution in [1.82, 2.24) is 20.0 Å². The van der Waals surface area contributed by atoms with E-state index in [2.05, 4.69) is 107 Å². The molecule has 6 nitrogen and oxygen atoms in total. The van der Waals surface area contributed by atoms with Crippen molar-refractivity contribution in [2.75, 3.05) is 62.6 Å². The van der Waals surface area contributed by atoms with Crippen LogP contribution in [0.3, 0.4) is 0 Å². The van der Waals surface area contributed by atoms with E-state index in [1.165, 1.54) is 0 Å². The number of benzene rings is 1. The van der Waals surface area contributed by atoms with E-state index in [-0.39, 0.29) is 0 Å². The number of hydrogen-bond acceptors (Lipinski definition) is 6. The number of anilines is 2. The molecule has 1 aromatic carbocycles. The van der Waals surface area contributed by atoms with Gasteiger partial charge in [0.1, 0.15) is 0 Å². The zero-order valence-corrected chi connectivity index (χ0v) is 21.9. The Balaban J connectivity index is 3.59. The van der Waals surface area contributed by atoms with Gasteiger partial charge >= 0.3 is 0 Å². The first-order valence-electron chi connectivity index (χ1n) is 12.1. The molecule has 36 heavy (non-hydrogen) atoms. The van der Waals surface area contributed by atoms with Gasteiger partial charge in [0.25, 0.3) is 0 Å². The van der Waals surface area contributed by atoms with Crippen molar-refractivity contribution in [3.05, 3.63) is 126 Å². The first-order chi connectivity index (χ1) is 17.6. The molecule has 0 aliphatic rings. The van der Waals surface area contributed by atoms with E-state index in [4.69, 9.17) is 0 Å². The van der Waals surface area contributed by atoms with E-state index >= 15 is 0 Å². The summed E-state index contributed by atoms with van der Waals surface area (Å²) in [7, 11) is 0. The number of hydrogen-bond donors (Lipinski definition) is 0. The predicted molar refractivity (Wildman–Crippen MR) is 159 cm³/mol. The normalized spacial score (nSPS) is 10.8. The summed E-state index contributed by atoms with van der Waals surface area (Å²) in [5.74, 6) is 0. The Hall–Kier alpha value is -3.42. The van der Waals surface area contributed by atoms with Crippen molar-refractivity contribution in [2.24, 2.45) is 0 Å². The summed E-state index contributed by atoms with van der Waals surface area (Å²) in [6.07, 6.45) is 15.1. The molecule has 0 fully saturated rings. The van der Waals surface area contributed by atoms with Gasteiger partial charge < -0.3 is 0 Å². The quantitative estimate of drug-likeness (QED) is 0.154. The second kappa shape index (κ2) is 17.9. The van der Waals surface area contributed by atoms with Gasteiger partial charge in [-0.05, 0) is 24.3 Å². The Kier molecular flexibility index (Phi) is 15.2. The monoisotopic (exact) mass is 488 g/mol. The fourth-order valence-corrected chi connectivity index (χ4v) is 3.84. The van der Waals surface area contributed by atoms with E-state index in [1.54, 1.807) is 0 Å². The van der Waals surface area contributed by atoms with Crippen LogP contribution in [-0.2, 0) is 0 Å². The first kappa shape index (κ1) is 30.6. The third-order valence-electron chi connectivity index (χ3n) is 5.10. The Morgan fingerprint density at radius 2 is 0.528 bits per heavy atom. The smallest absolute Gasteiger partial charge is 0.0709 e. The maximum atomic E-state index is 3.94. The minimum atomic E-state index is 0.656. The highest BCUT2D eigenvalue weighted by atomic mass is 15.9. The van der Waals surface area contributed by atoms with Crippen molar-refractivity contribution in [2.45, 2.75) is 0 Å². The Morgan fingerprint density at radius 1 is 0.361 bits per heavy atom. The summed E-state index contributed by atoms with van der Waals surface area (Å²) in [6, 6.07) is 8.45. The molecule has 194 valence electrons. The van der Waals surface area contributed by atoms with Crippen LogP contribution >= 0.6 is 0 Å². The molecule has 0 aliphatic carbocycles. The number of rotatable bonds is 22. The van der Waals surface area contributed by atoms with E-state index < -0.39 is 0 Å². The van der Waals surface area contributed by atoms with Gasteiger partial charge in [-0.3, -0.25) is 0 Å². The summed E-state index contributed by atoms with van der Waals surface area (Å²) in [5.41, 5.74) is 2.01. The molecule has 0 spiro atoms. The minimum Gasteiger partial charge on any atom is -0.235 e. The fourth-order valence-electron chi connectivity index (χ4n) is 3.84. The summed E-state index contributed by atoms with van der Waals surface area (Å²) in [4.78, 5) is 0. The van der Waals surface area contributed by atoms with Crippen LogP contribution in [-0.4, -0.2) is 72.4 Å². The van der Waals surface area contributed by atoms with Crippen molar-refractivity contribution in [3.63, 3.8) is 0 Å². The van der Waals surface area contributed by atoms with Crippen molar-refractivity contribution in [1.29, 1.82) is 0 Å². The summed E-state index contributed by atoms with van der Waals surface area (Å²) in [5, 5.41) is 13.0. The summed E-state index contributed by atoms with van der Waals surface area (Å²) < 4.78 is 0. The third-order valence-corrected chi connectivity index (χ3v) is 5.10. The van der Waals surface area contributed by atoms with Crippen LogP contribution in [0.1, 0.15) is 0 Å². The zero-order chi connectivity index (χ0) is 26.8. The zero-order valence-electron chi connectivity index (χ0n) is 21.9. The molecule has 6 heteroatoms. The molecular weight excluding hydrogens is 444 g/mol. The number of hydrazine groups is 4. The van der Waals surface area contributed by atoms with E-state index in [1.807, 2.05) is 48.6 Å². The molecule has 1 rings (SSSR count). The van der Waals surface area contributed by atoms with Gasteiger partial charge in [-0.15, -0.1) is 52.6 Å². The van der Waals surface area contributed by atoms with Crippen LogP contribution in [0, 0.1) is 0 Å². The maximum absolute atomic E-state index is 3.94. The SMILES string of the molecule is C=CCN(CC=C)N(c1ccc(N(N(CC=C)CC=C)N(CC=C)CC=C)cc1)N(CC=C)CC=C. The van der Waals surface area contributed by atoms with Gasteiger partial charge in [-0.2, -0.15) is 20.0 Å². The van der Waals surface area contributed by atoms with Crippen LogP contribution in [0.2, 0.25) is 0 Å². The first-order valence-corrected chi connectivity index (χ1v) is 12.1. The molecule has 0 unspecified atom stereocenters. The van der Waals surface area contributed by atoms with E-state index in [0.717, 1.165) is 11.4 Å².